The molecule has 0 bridgehead atoms. The third-order valence-corrected chi connectivity index (χ3v) is 5.57. The Balaban J connectivity index is 3.80. The van der Waals surface area contributed by atoms with Crippen LogP contribution in [0, 0.1) is 0 Å². The summed E-state index contributed by atoms with van der Waals surface area (Å²) < 4.78 is 15.2. The van der Waals surface area contributed by atoms with Gasteiger partial charge in [-0.05, 0) is 20.3 Å². The quantitative estimate of drug-likeness (QED) is 0.175. The summed E-state index contributed by atoms with van der Waals surface area (Å²) in [6, 6.07) is -0.0885. The van der Waals surface area contributed by atoms with E-state index >= 15 is 0 Å². The van der Waals surface area contributed by atoms with Gasteiger partial charge in [-0.15, -0.1) is 0 Å². The van der Waals surface area contributed by atoms with Crippen molar-refractivity contribution in [1.82, 2.24) is 5.32 Å². The zero-order valence-electron chi connectivity index (χ0n) is 20.0. The molecule has 0 aliphatic carbocycles. The summed E-state index contributed by atoms with van der Waals surface area (Å²) in [5.41, 5.74) is 0. The molecule has 0 spiro atoms. The first kappa shape index (κ1) is 28.7. The molecule has 6 heteroatoms. The van der Waals surface area contributed by atoms with E-state index in [4.69, 9.17) is 9.47 Å². The molecular formula is C24H47NO5. The molecular weight excluding hydrogens is 382 g/mol. The van der Waals surface area contributed by atoms with Crippen molar-refractivity contribution in [3.63, 3.8) is 0 Å². The van der Waals surface area contributed by atoms with E-state index in [1.807, 2.05) is 6.92 Å². The van der Waals surface area contributed by atoms with E-state index in [9.17, 15) is 9.59 Å². The van der Waals surface area contributed by atoms with Crippen molar-refractivity contribution < 1.29 is 23.8 Å². The van der Waals surface area contributed by atoms with Crippen LogP contribution in [-0.2, 0) is 19.0 Å². The molecule has 3 atom stereocenters. The largest absolute Gasteiger partial charge is 0.464 e. The molecule has 30 heavy (non-hydrogen) atoms. The summed E-state index contributed by atoms with van der Waals surface area (Å²) in [6.45, 7) is 6.30. The minimum atomic E-state index is -0.499. The lowest BCUT2D eigenvalue weighted by atomic mass is 10.0. The lowest BCUT2D eigenvalue weighted by Gasteiger charge is -2.24. The third-order valence-electron chi connectivity index (χ3n) is 5.57. The van der Waals surface area contributed by atoms with E-state index in [1.54, 1.807) is 14.0 Å². The molecule has 178 valence electrons. The van der Waals surface area contributed by atoms with Crippen LogP contribution >= 0.6 is 0 Å². The Hall–Kier alpha value is -1.30. The number of methoxy groups -OCH3 is 1. The van der Waals surface area contributed by atoms with Crippen molar-refractivity contribution in [2.45, 2.75) is 129 Å². The highest BCUT2D eigenvalue weighted by Gasteiger charge is 2.21. The number of amides is 1. The van der Waals surface area contributed by atoms with Crippen molar-refractivity contribution in [3.8, 4) is 0 Å². The van der Waals surface area contributed by atoms with Crippen LogP contribution in [0.3, 0.4) is 0 Å². The fourth-order valence-corrected chi connectivity index (χ4v) is 3.55. The molecule has 0 fully saturated rings. The number of unbranched alkanes of at least 4 members (excludes halogenated alkanes) is 12. The van der Waals surface area contributed by atoms with Gasteiger partial charge in [-0.25, -0.2) is 4.79 Å². The average Bonchev–Trinajstić information content (AvgIpc) is 2.73. The van der Waals surface area contributed by atoms with Gasteiger partial charge < -0.3 is 19.5 Å². The summed E-state index contributed by atoms with van der Waals surface area (Å²) in [4.78, 5) is 22.3. The average molecular weight is 430 g/mol. The predicted molar refractivity (Wildman–Crippen MR) is 122 cm³/mol. The first-order valence-electron chi connectivity index (χ1n) is 12.1. The molecule has 0 saturated carbocycles. The van der Waals surface area contributed by atoms with Gasteiger partial charge >= 0.3 is 6.09 Å². The maximum Gasteiger partial charge on any atom is 0.407 e. The van der Waals surface area contributed by atoms with Crippen LogP contribution in [0.2, 0.25) is 0 Å². The van der Waals surface area contributed by atoms with Crippen LogP contribution in [0.1, 0.15) is 111 Å². The number of carbonyl (C=O) groups excluding carboxylic acids is 2. The van der Waals surface area contributed by atoms with Crippen molar-refractivity contribution in [2.24, 2.45) is 0 Å². The second-order valence-electron chi connectivity index (χ2n) is 8.37. The highest BCUT2D eigenvalue weighted by molar-refractivity contribution is 5.67. The van der Waals surface area contributed by atoms with E-state index in [1.165, 1.54) is 77.0 Å². The molecule has 3 unspecified atom stereocenters. The lowest BCUT2D eigenvalue weighted by Crippen LogP contribution is -2.44. The van der Waals surface area contributed by atoms with Crippen LogP contribution in [0.25, 0.3) is 0 Å². The molecule has 0 rings (SSSR count). The Morgan fingerprint density at radius 2 is 1.37 bits per heavy atom. The molecule has 1 amide bonds. The first-order valence-corrected chi connectivity index (χ1v) is 12.1. The summed E-state index contributed by atoms with van der Waals surface area (Å²) in [5.74, 6) is 0. The summed E-state index contributed by atoms with van der Waals surface area (Å²) in [6.07, 6.45) is 16.9. The van der Waals surface area contributed by atoms with Crippen LogP contribution in [0.15, 0.2) is 0 Å². The minimum Gasteiger partial charge on any atom is -0.464 e. The first-order chi connectivity index (χ1) is 14.5. The molecule has 6 nitrogen and oxygen atoms in total. The van der Waals surface area contributed by atoms with E-state index in [2.05, 4.69) is 17.0 Å². The smallest absolute Gasteiger partial charge is 0.407 e. The topological polar surface area (TPSA) is 73.9 Å². The number of carbonyl (C=O) groups is 2. The Bertz CT molecular complexity index is 405. The predicted octanol–water partition coefficient (Wildman–Crippen LogP) is 6.16. The number of hydrogen-bond acceptors (Lipinski definition) is 5. The van der Waals surface area contributed by atoms with Crippen molar-refractivity contribution >= 4 is 12.6 Å². The molecule has 1 N–H and O–H groups in total. The van der Waals surface area contributed by atoms with Crippen LogP contribution in [-0.4, -0.2) is 44.5 Å². The van der Waals surface area contributed by atoms with E-state index < -0.39 is 12.2 Å². The van der Waals surface area contributed by atoms with E-state index in [-0.39, 0.29) is 18.8 Å². The summed E-state index contributed by atoms with van der Waals surface area (Å²) >= 11 is 0. The van der Waals surface area contributed by atoms with Crippen molar-refractivity contribution in [2.75, 3.05) is 13.7 Å². The van der Waals surface area contributed by atoms with Gasteiger partial charge in [-0.3, -0.25) is 4.79 Å². The maximum absolute atomic E-state index is 12.0. The minimum absolute atomic E-state index is 0.0558. The second kappa shape index (κ2) is 21.0. The Kier molecular flexibility index (Phi) is 20.0. The Labute approximate surface area is 184 Å². The zero-order chi connectivity index (χ0) is 22.5. The van der Waals surface area contributed by atoms with Crippen LogP contribution in [0.5, 0.6) is 0 Å². The van der Waals surface area contributed by atoms with Gasteiger partial charge in [-0.1, -0.05) is 90.4 Å². The van der Waals surface area contributed by atoms with Gasteiger partial charge in [0.05, 0.1) is 12.1 Å². The fraction of sp³-hybridized carbons (Fsp3) is 0.917. The lowest BCUT2D eigenvalue weighted by molar-refractivity contribution is -0.131. The second-order valence-corrected chi connectivity index (χ2v) is 8.37. The van der Waals surface area contributed by atoms with Gasteiger partial charge in [0.25, 0.3) is 6.47 Å². The highest BCUT2D eigenvalue weighted by atomic mass is 16.6. The molecule has 0 aliphatic heterocycles. The highest BCUT2D eigenvalue weighted by Crippen LogP contribution is 2.14. The van der Waals surface area contributed by atoms with Gasteiger partial charge in [0.15, 0.2) is 0 Å². The Morgan fingerprint density at radius 1 is 0.867 bits per heavy atom. The molecule has 0 saturated heterocycles. The number of nitrogens with one attached hydrogen (secondary N) is 1. The zero-order valence-corrected chi connectivity index (χ0v) is 20.0. The number of ether oxygens (including phenoxy) is 3. The maximum atomic E-state index is 12.0. The molecule has 0 heterocycles. The van der Waals surface area contributed by atoms with Crippen molar-refractivity contribution in [3.05, 3.63) is 0 Å². The number of rotatable bonds is 21. The molecule has 0 aliphatic rings. The molecule has 0 radical (unpaired) electrons. The monoisotopic (exact) mass is 429 g/mol. The molecule has 0 aromatic heterocycles. The van der Waals surface area contributed by atoms with E-state index in [0.717, 1.165) is 12.8 Å². The summed E-state index contributed by atoms with van der Waals surface area (Å²) in [5, 5.41) is 2.89. The van der Waals surface area contributed by atoms with Gasteiger partial charge in [-0.2, -0.15) is 0 Å². The van der Waals surface area contributed by atoms with Gasteiger partial charge in [0.1, 0.15) is 12.7 Å². The van der Waals surface area contributed by atoms with Crippen LogP contribution in [0.4, 0.5) is 4.79 Å². The van der Waals surface area contributed by atoms with Gasteiger partial charge in [0, 0.05) is 7.11 Å². The normalized spacial score (nSPS) is 14.0. The van der Waals surface area contributed by atoms with Crippen molar-refractivity contribution in [1.29, 1.82) is 0 Å². The Morgan fingerprint density at radius 3 is 1.83 bits per heavy atom. The standard InChI is InChI=1S/C24H47NO5/c1-5-6-7-8-9-10-11-12-13-14-15-16-17-18-23(22(3)28-4)25-24(27)30-21(2)19-29-20-26/h20-23H,5-19H2,1-4H3,(H,25,27). The van der Waals surface area contributed by atoms with Crippen LogP contribution < -0.4 is 5.32 Å². The molecule has 0 aromatic carbocycles. The number of hydrogen-bond donors (Lipinski definition) is 1. The summed E-state index contributed by atoms with van der Waals surface area (Å²) in [7, 11) is 1.65. The van der Waals surface area contributed by atoms with Gasteiger partial charge in [0.2, 0.25) is 0 Å². The molecule has 0 aromatic rings. The number of alkyl carbamates (subject to hydrolysis) is 1. The third kappa shape index (κ3) is 17.5. The SMILES string of the molecule is CCCCCCCCCCCCCCCC(NC(=O)OC(C)COC=O)C(C)OC. The fourth-order valence-electron chi connectivity index (χ4n) is 3.55. The van der Waals surface area contributed by atoms with E-state index in [0.29, 0.717) is 6.47 Å².